The third-order valence-corrected chi connectivity index (χ3v) is 6.24. The minimum atomic E-state index is -4.84. The van der Waals surface area contributed by atoms with Gasteiger partial charge in [-0.1, -0.05) is 43.3 Å². The van der Waals surface area contributed by atoms with Crippen molar-refractivity contribution in [2.75, 3.05) is 5.32 Å². The van der Waals surface area contributed by atoms with Crippen LogP contribution in [0.1, 0.15) is 54.5 Å². The van der Waals surface area contributed by atoms with Gasteiger partial charge >= 0.3 is 6.36 Å². The first kappa shape index (κ1) is 32.0. The normalized spacial score (nSPS) is 12.5. The molecule has 0 bridgehead atoms. The summed E-state index contributed by atoms with van der Waals surface area (Å²) in [4.78, 5) is 29.1. The highest BCUT2D eigenvalue weighted by atomic mass is 19.4. The van der Waals surface area contributed by atoms with Crippen LogP contribution < -0.4 is 15.4 Å². The molecule has 44 heavy (non-hydrogen) atoms. The molecule has 3 heterocycles. The van der Waals surface area contributed by atoms with Gasteiger partial charge < -0.3 is 15.4 Å². The number of alkyl halides is 4. The Morgan fingerprint density at radius 1 is 1.02 bits per heavy atom. The van der Waals surface area contributed by atoms with Gasteiger partial charge in [0.1, 0.15) is 11.9 Å². The molecule has 1 aromatic carbocycles. The maximum Gasteiger partial charge on any atom is 0.573 e. The van der Waals surface area contributed by atoms with E-state index in [1.807, 2.05) is 12.1 Å². The molecule has 2 amide bonds. The molecular weight excluding hydrogens is 586 g/mol. The molecule has 1 atom stereocenters. The predicted octanol–water partition coefficient (Wildman–Crippen LogP) is 4.00. The van der Waals surface area contributed by atoms with Crippen LogP contribution in [0.25, 0.3) is 0 Å². The van der Waals surface area contributed by atoms with Gasteiger partial charge in [-0.25, -0.2) is 9.07 Å². The minimum Gasteiger partial charge on any atom is -0.406 e. The number of aromatic nitrogens is 7. The van der Waals surface area contributed by atoms with Crippen LogP contribution in [0.4, 0.5) is 23.4 Å². The zero-order valence-electron chi connectivity index (χ0n) is 24.2. The van der Waals surface area contributed by atoms with Crippen molar-refractivity contribution in [2.45, 2.75) is 71.2 Å². The maximum atomic E-state index is 14.7. The summed E-state index contributed by atoms with van der Waals surface area (Å²) in [5.74, 6) is -1.34. The van der Waals surface area contributed by atoms with Crippen LogP contribution in [0.15, 0.2) is 55.0 Å². The SMILES string of the molecule is CC(C)(C)c1ccnc(CNC(=O)c2cn(CC(F)CCn3cc(NC(=O)Cc4cccc(OC(F)(F)F)c4)nn3)nn2)c1. The van der Waals surface area contributed by atoms with Gasteiger partial charge in [0, 0.05) is 19.2 Å². The van der Waals surface area contributed by atoms with Crippen LogP contribution in [0, 0.1) is 0 Å². The van der Waals surface area contributed by atoms with Gasteiger partial charge in [-0.15, -0.1) is 23.4 Å². The van der Waals surface area contributed by atoms with Crippen molar-refractivity contribution in [1.82, 2.24) is 40.3 Å². The van der Waals surface area contributed by atoms with Gasteiger partial charge in [-0.2, -0.15) is 0 Å². The van der Waals surface area contributed by atoms with Gasteiger partial charge in [-0.3, -0.25) is 19.3 Å². The fourth-order valence-electron chi connectivity index (χ4n) is 4.05. The number of pyridine rings is 1. The van der Waals surface area contributed by atoms with Gasteiger partial charge in [-0.05, 0) is 40.8 Å². The van der Waals surface area contributed by atoms with Crippen molar-refractivity contribution in [1.29, 1.82) is 0 Å². The lowest BCUT2D eigenvalue weighted by Gasteiger charge is -2.19. The highest BCUT2D eigenvalue weighted by molar-refractivity contribution is 5.92. The van der Waals surface area contributed by atoms with E-state index >= 15 is 0 Å². The highest BCUT2D eigenvalue weighted by Gasteiger charge is 2.31. The lowest BCUT2D eigenvalue weighted by Crippen LogP contribution is -2.24. The summed E-state index contributed by atoms with van der Waals surface area (Å²) in [7, 11) is 0. The Bertz CT molecular complexity index is 1580. The summed E-state index contributed by atoms with van der Waals surface area (Å²) in [5, 5.41) is 20.6. The van der Waals surface area contributed by atoms with E-state index in [0.29, 0.717) is 11.3 Å². The molecular formula is C28H31F4N9O3. The second-order valence-corrected chi connectivity index (χ2v) is 11.0. The van der Waals surface area contributed by atoms with Crippen LogP contribution in [-0.4, -0.2) is 59.3 Å². The molecule has 12 nitrogen and oxygen atoms in total. The summed E-state index contributed by atoms with van der Waals surface area (Å²) in [6.07, 6.45) is -1.95. The number of halogens is 4. The number of nitrogens with zero attached hydrogens (tertiary/aromatic N) is 7. The average Bonchev–Trinajstić information content (AvgIpc) is 3.59. The Morgan fingerprint density at radius 3 is 2.55 bits per heavy atom. The van der Waals surface area contributed by atoms with Crippen LogP contribution in [-0.2, 0) is 36.3 Å². The largest absolute Gasteiger partial charge is 0.573 e. The van der Waals surface area contributed by atoms with Crippen LogP contribution in [0.3, 0.4) is 0 Å². The third kappa shape index (κ3) is 9.84. The highest BCUT2D eigenvalue weighted by Crippen LogP contribution is 2.24. The van der Waals surface area contributed by atoms with Gasteiger partial charge in [0.25, 0.3) is 5.91 Å². The first-order valence-electron chi connectivity index (χ1n) is 13.6. The third-order valence-electron chi connectivity index (χ3n) is 6.24. The molecule has 1 unspecified atom stereocenters. The van der Waals surface area contributed by atoms with Crippen molar-refractivity contribution in [3.8, 4) is 5.75 Å². The molecule has 2 N–H and O–H groups in total. The second-order valence-electron chi connectivity index (χ2n) is 11.0. The van der Waals surface area contributed by atoms with Gasteiger partial charge in [0.15, 0.2) is 11.5 Å². The average molecular weight is 618 g/mol. The lowest BCUT2D eigenvalue weighted by molar-refractivity contribution is -0.274. The van der Waals surface area contributed by atoms with Crippen molar-refractivity contribution in [3.05, 3.63) is 77.5 Å². The van der Waals surface area contributed by atoms with Crippen molar-refractivity contribution in [3.63, 3.8) is 0 Å². The van der Waals surface area contributed by atoms with Gasteiger partial charge in [0.05, 0.1) is 37.6 Å². The van der Waals surface area contributed by atoms with E-state index in [0.717, 1.165) is 17.7 Å². The molecule has 0 saturated carbocycles. The molecule has 0 aliphatic heterocycles. The molecule has 0 radical (unpaired) electrons. The number of amides is 2. The summed E-state index contributed by atoms with van der Waals surface area (Å²) in [6.45, 7) is 6.43. The molecule has 4 aromatic rings. The number of hydrogen-bond acceptors (Lipinski definition) is 8. The summed E-state index contributed by atoms with van der Waals surface area (Å²) >= 11 is 0. The smallest absolute Gasteiger partial charge is 0.406 e. The van der Waals surface area contributed by atoms with Crippen LogP contribution in [0.5, 0.6) is 5.75 Å². The summed E-state index contributed by atoms with van der Waals surface area (Å²) in [5.41, 5.74) is 2.07. The topological polar surface area (TPSA) is 142 Å². The molecule has 0 spiro atoms. The number of carbonyl (C=O) groups is 2. The van der Waals surface area contributed by atoms with Crippen molar-refractivity contribution < 1.29 is 31.9 Å². The van der Waals surface area contributed by atoms with Crippen molar-refractivity contribution >= 4 is 17.6 Å². The zero-order chi connectivity index (χ0) is 31.9. The van der Waals surface area contributed by atoms with Crippen LogP contribution >= 0.6 is 0 Å². The monoisotopic (exact) mass is 617 g/mol. The van der Waals surface area contributed by atoms with E-state index < -0.39 is 30.1 Å². The number of rotatable bonds is 12. The first-order chi connectivity index (χ1) is 20.7. The molecule has 16 heteroatoms. The minimum absolute atomic E-state index is 0.0277. The molecule has 234 valence electrons. The number of nitrogens with one attached hydrogen (secondary N) is 2. The molecule has 4 rings (SSSR count). The van der Waals surface area contributed by atoms with Crippen LogP contribution in [0.2, 0.25) is 0 Å². The van der Waals surface area contributed by atoms with E-state index in [4.69, 9.17) is 0 Å². The summed E-state index contributed by atoms with van der Waals surface area (Å²) in [6, 6.07) is 8.92. The Morgan fingerprint density at radius 2 is 1.80 bits per heavy atom. The Hall–Kier alpha value is -4.89. The zero-order valence-corrected chi connectivity index (χ0v) is 24.2. The van der Waals surface area contributed by atoms with E-state index in [1.54, 1.807) is 6.20 Å². The number of ether oxygens (including phenoxy) is 1. The van der Waals surface area contributed by atoms with E-state index in [9.17, 15) is 27.2 Å². The van der Waals surface area contributed by atoms with Gasteiger partial charge in [0.2, 0.25) is 5.91 Å². The lowest BCUT2D eigenvalue weighted by atomic mass is 9.87. The Kier molecular flexibility index (Phi) is 9.90. The fraction of sp³-hybridized carbons (Fsp3) is 0.393. The number of anilines is 1. The summed E-state index contributed by atoms with van der Waals surface area (Å²) < 4.78 is 58.4. The number of benzene rings is 1. The number of carbonyl (C=O) groups excluding carboxylic acids is 2. The van der Waals surface area contributed by atoms with E-state index in [1.165, 1.54) is 33.9 Å². The molecule has 0 aliphatic carbocycles. The Labute approximate surface area is 249 Å². The fourth-order valence-corrected chi connectivity index (χ4v) is 4.05. The molecule has 0 fully saturated rings. The number of hydrogen-bond donors (Lipinski definition) is 2. The molecule has 3 aromatic heterocycles. The molecule has 0 saturated heterocycles. The predicted molar refractivity (Wildman–Crippen MR) is 149 cm³/mol. The van der Waals surface area contributed by atoms with E-state index in [-0.39, 0.29) is 49.4 Å². The second kappa shape index (κ2) is 13.6. The maximum absolute atomic E-state index is 14.7. The van der Waals surface area contributed by atoms with Crippen molar-refractivity contribution in [2.24, 2.45) is 0 Å². The quantitative estimate of drug-likeness (QED) is 0.227. The van der Waals surface area contributed by atoms with E-state index in [2.05, 4.69) is 61.7 Å². The first-order valence-corrected chi connectivity index (χ1v) is 13.6. The standard InChI is InChI=1S/C28H31F4N9O3/c1-27(2,3)19-7-9-33-21(13-19)14-34-26(43)23-16-41(38-36-23)15-20(29)8-10-40-17-24(37-39-40)35-25(42)12-18-5-4-6-22(11-18)44-28(30,31)32/h4-7,9,11,13,16-17,20H,8,10,12,14-15H2,1-3H3,(H,34,43)(H,35,42). The molecule has 0 aliphatic rings. The number of aryl methyl sites for hydroxylation is 1. The Balaban J connectivity index is 1.20.